The van der Waals surface area contributed by atoms with E-state index >= 15 is 0 Å². The van der Waals surface area contributed by atoms with Crippen molar-refractivity contribution in [1.82, 2.24) is 0 Å². The maximum Gasteiger partial charge on any atom is 0.282 e. The molecular formula is C19H13F2N. The first-order valence-electron chi connectivity index (χ1n) is 7.42. The van der Waals surface area contributed by atoms with E-state index in [1.54, 1.807) is 4.90 Å². The van der Waals surface area contributed by atoms with Crippen LogP contribution in [0.25, 0.3) is 32.3 Å². The fraction of sp³-hybridized carbons (Fsp3) is 0.158. The fourth-order valence-electron chi connectivity index (χ4n) is 3.69. The Morgan fingerprint density at radius 3 is 2.14 bits per heavy atom. The maximum absolute atomic E-state index is 13.3. The SMILES string of the molecule is FC1(F)CN(c2cc3cccc4ccc5cccc2c5c43)C1. The third kappa shape index (κ3) is 1.51. The highest BCUT2D eigenvalue weighted by Gasteiger charge is 2.44. The van der Waals surface area contributed by atoms with Crippen molar-refractivity contribution in [1.29, 1.82) is 0 Å². The molecule has 5 rings (SSSR count). The second-order valence-electron chi connectivity index (χ2n) is 6.16. The van der Waals surface area contributed by atoms with Gasteiger partial charge in [-0.3, -0.25) is 0 Å². The number of rotatable bonds is 1. The molecule has 0 amide bonds. The van der Waals surface area contributed by atoms with Gasteiger partial charge in [0.15, 0.2) is 0 Å². The third-order valence-corrected chi connectivity index (χ3v) is 4.67. The van der Waals surface area contributed by atoms with Crippen LogP contribution in [-0.4, -0.2) is 19.0 Å². The van der Waals surface area contributed by atoms with Crippen molar-refractivity contribution in [2.45, 2.75) is 5.92 Å². The summed E-state index contributed by atoms with van der Waals surface area (Å²) in [6.45, 7) is -0.374. The van der Waals surface area contributed by atoms with Gasteiger partial charge in [0.25, 0.3) is 5.92 Å². The van der Waals surface area contributed by atoms with Crippen LogP contribution in [0, 0.1) is 0 Å². The van der Waals surface area contributed by atoms with Crippen LogP contribution in [0.5, 0.6) is 0 Å². The van der Waals surface area contributed by atoms with E-state index in [-0.39, 0.29) is 13.1 Å². The summed E-state index contributed by atoms with van der Waals surface area (Å²) in [5.74, 6) is -2.56. The van der Waals surface area contributed by atoms with Gasteiger partial charge >= 0.3 is 0 Å². The molecule has 1 heterocycles. The molecule has 0 aliphatic carbocycles. The highest BCUT2D eigenvalue weighted by molar-refractivity contribution is 6.26. The van der Waals surface area contributed by atoms with E-state index in [0.29, 0.717) is 0 Å². The average molecular weight is 293 g/mol. The molecule has 1 aliphatic heterocycles. The Morgan fingerprint density at radius 2 is 1.41 bits per heavy atom. The second-order valence-corrected chi connectivity index (χ2v) is 6.16. The molecule has 4 aromatic rings. The molecule has 1 saturated heterocycles. The van der Waals surface area contributed by atoms with E-state index in [4.69, 9.17) is 0 Å². The van der Waals surface area contributed by atoms with Gasteiger partial charge in [0, 0.05) is 11.1 Å². The van der Waals surface area contributed by atoms with Crippen molar-refractivity contribution in [2.75, 3.05) is 18.0 Å². The zero-order valence-corrected chi connectivity index (χ0v) is 11.8. The number of hydrogen-bond donors (Lipinski definition) is 0. The van der Waals surface area contributed by atoms with Crippen LogP contribution in [0.15, 0.2) is 54.6 Å². The maximum atomic E-state index is 13.3. The zero-order valence-electron chi connectivity index (χ0n) is 11.8. The Balaban J connectivity index is 1.90. The van der Waals surface area contributed by atoms with Gasteiger partial charge in [-0.2, -0.15) is 0 Å². The molecule has 1 aliphatic rings. The van der Waals surface area contributed by atoms with Gasteiger partial charge in [-0.1, -0.05) is 48.5 Å². The van der Waals surface area contributed by atoms with Crippen molar-refractivity contribution in [3.05, 3.63) is 54.6 Å². The van der Waals surface area contributed by atoms with Gasteiger partial charge in [-0.15, -0.1) is 0 Å². The first-order chi connectivity index (χ1) is 10.6. The summed E-state index contributed by atoms with van der Waals surface area (Å²) in [5.41, 5.74) is 0.919. The first kappa shape index (κ1) is 12.2. The lowest BCUT2D eigenvalue weighted by molar-refractivity contribution is -0.0260. The third-order valence-electron chi connectivity index (χ3n) is 4.67. The summed E-state index contributed by atoms with van der Waals surface area (Å²) in [6.07, 6.45) is 0. The number of hydrogen-bond acceptors (Lipinski definition) is 1. The highest BCUT2D eigenvalue weighted by Crippen LogP contribution is 2.42. The van der Waals surface area contributed by atoms with E-state index in [2.05, 4.69) is 36.4 Å². The smallest absolute Gasteiger partial charge is 0.282 e. The Labute approximate surface area is 126 Å². The lowest BCUT2D eigenvalue weighted by Crippen LogP contribution is -2.56. The van der Waals surface area contributed by atoms with Crippen molar-refractivity contribution in [3.63, 3.8) is 0 Å². The predicted octanol–water partition coefficient (Wildman–Crippen LogP) is 5.04. The van der Waals surface area contributed by atoms with E-state index in [0.717, 1.165) is 21.8 Å². The van der Waals surface area contributed by atoms with Gasteiger partial charge in [0.05, 0.1) is 13.1 Å². The monoisotopic (exact) mass is 293 g/mol. The average Bonchev–Trinajstić information content (AvgIpc) is 2.50. The van der Waals surface area contributed by atoms with Gasteiger partial charge in [-0.25, -0.2) is 8.78 Å². The summed E-state index contributed by atoms with van der Waals surface area (Å²) < 4.78 is 26.6. The molecule has 0 atom stereocenters. The molecule has 1 fully saturated rings. The van der Waals surface area contributed by atoms with Crippen LogP contribution in [0.2, 0.25) is 0 Å². The summed E-state index contributed by atoms with van der Waals surface area (Å²) in [5, 5.41) is 6.95. The van der Waals surface area contributed by atoms with Gasteiger partial charge < -0.3 is 4.90 Å². The van der Waals surface area contributed by atoms with Crippen LogP contribution in [0.3, 0.4) is 0 Å². The summed E-state index contributed by atoms with van der Waals surface area (Å²) >= 11 is 0. The standard InChI is InChI=1S/C19H13F2N/c20-19(21)10-22(11-19)16-9-14-5-1-3-12-7-8-13-4-2-6-15(16)18(13)17(12)14/h1-9H,10-11H2. The summed E-state index contributed by atoms with van der Waals surface area (Å²) in [6, 6.07) is 18.6. The predicted molar refractivity (Wildman–Crippen MR) is 87.3 cm³/mol. The minimum atomic E-state index is -2.56. The molecule has 108 valence electrons. The summed E-state index contributed by atoms with van der Waals surface area (Å²) in [7, 11) is 0. The number of benzene rings is 4. The number of anilines is 1. The first-order valence-corrected chi connectivity index (χ1v) is 7.42. The normalized spacial score (nSPS) is 17.5. The molecule has 3 heteroatoms. The summed E-state index contributed by atoms with van der Waals surface area (Å²) in [4.78, 5) is 1.78. The van der Waals surface area contributed by atoms with Crippen LogP contribution in [0.1, 0.15) is 0 Å². The Bertz CT molecular complexity index is 1010. The molecule has 0 aromatic heterocycles. The molecule has 0 saturated carbocycles. The van der Waals surface area contributed by atoms with Gasteiger partial charge in [0.2, 0.25) is 0 Å². The van der Waals surface area contributed by atoms with Crippen LogP contribution >= 0.6 is 0 Å². The quantitative estimate of drug-likeness (QED) is 0.444. The minimum Gasteiger partial charge on any atom is -0.359 e. The zero-order chi connectivity index (χ0) is 14.9. The van der Waals surface area contributed by atoms with Crippen molar-refractivity contribution in [2.24, 2.45) is 0 Å². The highest BCUT2D eigenvalue weighted by atomic mass is 19.3. The minimum absolute atomic E-state index is 0.187. The van der Waals surface area contributed by atoms with Crippen LogP contribution < -0.4 is 4.90 Å². The lowest BCUT2D eigenvalue weighted by atomic mass is 9.92. The van der Waals surface area contributed by atoms with Crippen molar-refractivity contribution < 1.29 is 8.78 Å². The molecule has 0 radical (unpaired) electrons. The van der Waals surface area contributed by atoms with Gasteiger partial charge in [-0.05, 0) is 33.0 Å². The Morgan fingerprint density at radius 1 is 0.773 bits per heavy atom. The van der Waals surface area contributed by atoms with Crippen LogP contribution in [0.4, 0.5) is 14.5 Å². The molecule has 0 N–H and O–H groups in total. The number of alkyl halides is 2. The number of halogens is 2. The van der Waals surface area contributed by atoms with Crippen molar-refractivity contribution >= 4 is 38.0 Å². The largest absolute Gasteiger partial charge is 0.359 e. The van der Waals surface area contributed by atoms with E-state index in [1.807, 2.05) is 18.2 Å². The molecule has 1 nitrogen and oxygen atoms in total. The topological polar surface area (TPSA) is 3.24 Å². The van der Waals surface area contributed by atoms with Crippen molar-refractivity contribution in [3.8, 4) is 0 Å². The van der Waals surface area contributed by atoms with E-state index in [1.165, 1.54) is 16.2 Å². The molecule has 4 aromatic carbocycles. The Kier molecular flexibility index (Phi) is 2.13. The second kappa shape index (κ2) is 3.86. The van der Waals surface area contributed by atoms with Gasteiger partial charge in [0.1, 0.15) is 0 Å². The van der Waals surface area contributed by atoms with Crippen LogP contribution in [-0.2, 0) is 0 Å². The lowest BCUT2D eigenvalue weighted by Gasteiger charge is -2.41. The molecular weight excluding hydrogens is 280 g/mol. The molecule has 0 spiro atoms. The molecule has 22 heavy (non-hydrogen) atoms. The number of nitrogens with zero attached hydrogens (tertiary/aromatic N) is 1. The Hall–Kier alpha value is -2.42. The van der Waals surface area contributed by atoms with E-state index in [9.17, 15) is 8.78 Å². The fourth-order valence-corrected chi connectivity index (χ4v) is 3.69. The van der Waals surface area contributed by atoms with E-state index < -0.39 is 5.92 Å². The molecule has 0 bridgehead atoms. The molecule has 0 unspecified atom stereocenters.